The van der Waals surface area contributed by atoms with Crippen LogP contribution >= 0.6 is 12.2 Å². The van der Waals surface area contributed by atoms with Crippen LogP contribution in [0.4, 0.5) is 0 Å². The molecular formula is C12H23N3O5S. The molecule has 1 unspecified atom stereocenters. The third-order valence-electron chi connectivity index (χ3n) is 3.17. The zero-order valence-electron chi connectivity index (χ0n) is 12.2. The third-order valence-corrected chi connectivity index (χ3v) is 3.58. The molecule has 0 spiro atoms. The Morgan fingerprint density at radius 2 is 1.62 bits per heavy atom. The molecule has 0 heterocycles. The highest BCUT2D eigenvalue weighted by Gasteiger charge is 2.46. The van der Waals surface area contributed by atoms with E-state index in [0.717, 1.165) is 0 Å². The maximum atomic E-state index is 9.84. The first-order valence-corrected chi connectivity index (χ1v) is 7.07. The van der Waals surface area contributed by atoms with E-state index in [4.69, 9.17) is 12.2 Å². The first kappa shape index (κ1) is 18.2. The van der Waals surface area contributed by atoms with Crippen molar-refractivity contribution in [3.63, 3.8) is 0 Å². The Kier molecular flexibility index (Phi) is 6.44. The summed E-state index contributed by atoms with van der Waals surface area (Å²) in [6.07, 6.45) is -8.09. The summed E-state index contributed by atoms with van der Waals surface area (Å²) in [6, 6.07) is 0. The van der Waals surface area contributed by atoms with Crippen molar-refractivity contribution in [2.75, 3.05) is 13.6 Å². The van der Waals surface area contributed by atoms with E-state index in [1.54, 1.807) is 0 Å². The van der Waals surface area contributed by atoms with Crippen molar-refractivity contribution in [3.05, 3.63) is 0 Å². The van der Waals surface area contributed by atoms with E-state index in [1.807, 2.05) is 13.8 Å². The molecule has 6 N–H and O–H groups in total. The van der Waals surface area contributed by atoms with Crippen molar-refractivity contribution in [1.82, 2.24) is 10.3 Å². The number of hydrogen-bond acceptors (Lipinski definition) is 7. The highest BCUT2D eigenvalue weighted by atomic mass is 32.1. The maximum absolute atomic E-state index is 9.84. The lowest BCUT2D eigenvalue weighted by atomic mass is 9.85. The standard InChI is InChI=1S/C12H23N3O5S/c1-5(2)4-13-12(21)15(3)14-6-7(16)9(18)11(20)10(19)8(6)17/h5,7-11,16-20H,4H2,1-3H3,(H,13,21)/t7-,8+,9-,10-,11?/m1/s1. The van der Waals surface area contributed by atoms with Gasteiger partial charge in [0.2, 0.25) is 0 Å². The normalized spacial score (nSPS) is 35.1. The van der Waals surface area contributed by atoms with Crippen LogP contribution in [0.15, 0.2) is 5.10 Å². The molecule has 1 rings (SSSR count). The molecule has 0 aromatic carbocycles. The fourth-order valence-electron chi connectivity index (χ4n) is 1.84. The van der Waals surface area contributed by atoms with Crippen LogP contribution in [-0.2, 0) is 0 Å². The fourth-order valence-corrected chi connectivity index (χ4v) is 1.97. The quantitative estimate of drug-likeness (QED) is 0.251. The maximum Gasteiger partial charge on any atom is 0.189 e. The average molecular weight is 321 g/mol. The van der Waals surface area contributed by atoms with E-state index in [-0.39, 0.29) is 10.8 Å². The van der Waals surface area contributed by atoms with Crippen molar-refractivity contribution < 1.29 is 25.5 Å². The van der Waals surface area contributed by atoms with Gasteiger partial charge in [-0.25, -0.2) is 5.01 Å². The van der Waals surface area contributed by atoms with E-state index in [1.165, 1.54) is 12.1 Å². The number of nitrogens with one attached hydrogen (secondary N) is 1. The van der Waals surface area contributed by atoms with E-state index >= 15 is 0 Å². The molecule has 5 atom stereocenters. The molecule has 0 saturated heterocycles. The largest absolute Gasteiger partial charge is 0.387 e. The molecule has 8 nitrogen and oxygen atoms in total. The summed E-state index contributed by atoms with van der Waals surface area (Å²) in [7, 11) is 1.51. The lowest BCUT2D eigenvalue weighted by Crippen LogP contribution is -2.62. The molecule has 0 bridgehead atoms. The molecule has 21 heavy (non-hydrogen) atoms. The molecule has 1 saturated carbocycles. The Labute approximate surface area is 128 Å². The summed E-state index contributed by atoms with van der Waals surface area (Å²) in [6.45, 7) is 4.64. The van der Waals surface area contributed by atoms with Crippen molar-refractivity contribution in [2.24, 2.45) is 11.0 Å². The Morgan fingerprint density at radius 3 is 2.05 bits per heavy atom. The van der Waals surface area contributed by atoms with Crippen molar-refractivity contribution in [3.8, 4) is 0 Å². The monoisotopic (exact) mass is 321 g/mol. The van der Waals surface area contributed by atoms with Crippen molar-refractivity contribution in [1.29, 1.82) is 0 Å². The van der Waals surface area contributed by atoms with Gasteiger partial charge in [0.1, 0.15) is 36.2 Å². The van der Waals surface area contributed by atoms with E-state index in [9.17, 15) is 25.5 Å². The van der Waals surface area contributed by atoms with Crippen LogP contribution in [0.5, 0.6) is 0 Å². The van der Waals surface area contributed by atoms with Crippen molar-refractivity contribution >= 4 is 23.0 Å². The summed E-state index contributed by atoms with van der Waals surface area (Å²) in [4.78, 5) is 0. The number of hydrazone groups is 1. The molecule has 1 fully saturated rings. The van der Waals surface area contributed by atoms with Gasteiger partial charge in [-0.1, -0.05) is 13.8 Å². The summed E-state index contributed by atoms with van der Waals surface area (Å²) >= 11 is 5.09. The molecule has 1 aliphatic rings. The molecule has 0 aromatic rings. The highest BCUT2D eigenvalue weighted by molar-refractivity contribution is 7.80. The molecule has 122 valence electrons. The van der Waals surface area contributed by atoms with Crippen LogP contribution in [-0.4, -0.2) is 85.5 Å². The molecule has 0 radical (unpaired) electrons. The van der Waals surface area contributed by atoms with Gasteiger partial charge in [-0.05, 0) is 18.1 Å². The summed E-state index contributed by atoms with van der Waals surface area (Å²) in [5, 5.41) is 56.7. The number of thiocarbonyl (C=S) groups is 1. The van der Waals surface area contributed by atoms with E-state index in [0.29, 0.717) is 12.5 Å². The third kappa shape index (κ3) is 4.31. The first-order chi connectivity index (χ1) is 9.66. The van der Waals surface area contributed by atoms with Crippen LogP contribution in [0.3, 0.4) is 0 Å². The van der Waals surface area contributed by atoms with Gasteiger partial charge in [0.15, 0.2) is 5.11 Å². The van der Waals surface area contributed by atoms with Gasteiger partial charge in [0.05, 0.1) is 0 Å². The zero-order chi connectivity index (χ0) is 16.3. The van der Waals surface area contributed by atoms with Crippen molar-refractivity contribution in [2.45, 2.75) is 44.4 Å². The van der Waals surface area contributed by atoms with Crippen LogP contribution < -0.4 is 5.32 Å². The number of hydrogen-bond donors (Lipinski definition) is 6. The van der Waals surface area contributed by atoms with E-state index in [2.05, 4.69) is 10.4 Å². The second kappa shape index (κ2) is 7.43. The van der Waals surface area contributed by atoms with Gasteiger partial charge in [-0.2, -0.15) is 5.10 Å². The minimum Gasteiger partial charge on any atom is -0.387 e. The Balaban J connectivity index is 2.83. The Hall–Kier alpha value is -0.840. The van der Waals surface area contributed by atoms with Crippen LogP contribution in [0.25, 0.3) is 0 Å². The van der Waals surface area contributed by atoms with Gasteiger partial charge in [-0.3, -0.25) is 0 Å². The van der Waals surface area contributed by atoms with E-state index < -0.39 is 30.5 Å². The molecule has 1 aliphatic carbocycles. The fraction of sp³-hybridized carbons (Fsp3) is 0.833. The minimum absolute atomic E-state index is 0.253. The van der Waals surface area contributed by atoms with Gasteiger partial charge < -0.3 is 30.8 Å². The molecule has 0 aromatic heterocycles. The lowest BCUT2D eigenvalue weighted by Gasteiger charge is -2.37. The molecule has 9 heteroatoms. The SMILES string of the molecule is CC(C)CNC(=S)N(C)N=C1[C@@H](O)[C@@H](O)C(O)[C@H](O)[C@H]1O. The first-order valence-electron chi connectivity index (χ1n) is 6.67. The number of rotatable bonds is 3. The Bertz CT molecular complexity index is 388. The Morgan fingerprint density at radius 1 is 1.14 bits per heavy atom. The van der Waals surface area contributed by atoms with Gasteiger partial charge >= 0.3 is 0 Å². The topological polar surface area (TPSA) is 129 Å². The summed E-state index contributed by atoms with van der Waals surface area (Å²) in [5.41, 5.74) is -0.253. The highest BCUT2D eigenvalue weighted by Crippen LogP contribution is 2.19. The van der Waals surface area contributed by atoms with Gasteiger partial charge in [0, 0.05) is 13.6 Å². The average Bonchev–Trinajstić information content (AvgIpc) is 2.44. The predicted molar refractivity (Wildman–Crippen MR) is 80.7 cm³/mol. The predicted octanol–water partition coefficient (Wildman–Crippen LogP) is -2.38. The van der Waals surface area contributed by atoms with Crippen LogP contribution in [0, 0.1) is 5.92 Å². The number of aliphatic hydroxyl groups is 5. The zero-order valence-corrected chi connectivity index (χ0v) is 13.0. The summed E-state index contributed by atoms with van der Waals surface area (Å²) in [5.74, 6) is 0.369. The summed E-state index contributed by atoms with van der Waals surface area (Å²) < 4.78 is 0. The minimum atomic E-state index is -1.65. The second-order valence-corrected chi connectivity index (χ2v) is 5.88. The number of aliphatic hydroxyl groups excluding tert-OH is 5. The lowest BCUT2D eigenvalue weighted by molar-refractivity contribution is -0.130. The number of nitrogens with zero attached hydrogens (tertiary/aromatic N) is 2. The molecule has 0 aliphatic heterocycles. The van der Waals surface area contributed by atoms with Gasteiger partial charge in [-0.15, -0.1) is 0 Å². The molecular weight excluding hydrogens is 298 g/mol. The van der Waals surface area contributed by atoms with Gasteiger partial charge in [0.25, 0.3) is 0 Å². The second-order valence-electron chi connectivity index (χ2n) is 5.49. The van der Waals surface area contributed by atoms with Crippen LogP contribution in [0.2, 0.25) is 0 Å². The van der Waals surface area contributed by atoms with Crippen LogP contribution in [0.1, 0.15) is 13.8 Å². The smallest absolute Gasteiger partial charge is 0.189 e. The molecule has 0 amide bonds.